The average molecular weight is 312 g/mol. The smallest absolute Gasteiger partial charge is 0.265 e. The van der Waals surface area contributed by atoms with Crippen LogP contribution >= 0.6 is 0 Å². The van der Waals surface area contributed by atoms with Crippen molar-refractivity contribution in [2.24, 2.45) is 7.05 Å². The summed E-state index contributed by atoms with van der Waals surface area (Å²) in [5, 5.41) is 11.3. The van der Waals surface area contributed by atoms with Gasteiger partial charge in [-0.2, -0.15) is 10.2 Å². The standard InChI is InChI=1S/C12H20N6O2S/c1-9-12(10(2)18(15-9)6-5-13-3)21(19,20)16-11-7-14-17(4)8-11/h7-8,13,16H,5-6H2,1-4H3. The molecule has 0 fully saturated rings. The highest BCUT2D eigenvalue weighted by atomic mass is 32.2. The molecular weight excluding hydrogens is 292 g/mol. The van der Waals surface area contributed by atoms with Gasteiger partial charge in [-0.3, -0.25) is 14.1 Å². The van der Waals surface area contributed by atoms with E-state index in [2.05, 4.69) is 20.2 Å². The van der Waals surface area contributed by atoms with Crippen LogP contribution < -0.4 is 10.0 Å². The molecular formula is C12H20N6O2S. The van der Waals surface area contributed by atoms with Gasteiger partial charge in [0.15, 0.2) is 0 Å². The number of hydrogen-bond acceptors (Lipinski definition) is 5. The van der Waals surface area contributed by atoms with Crippen LogP contribution in [-0.4, -0.2) is 41.6 Å². The van der Waals surface area contributed by atoms with Crippen LogP contribution in [0, 0.1) is 13.8 Å². The minimum Gasteiger partial charge on any atom is -0.318 e. The van der Waals surface area contributed by atoms with Gasteiger partial charge in [-0.15, -0.1) is 0 Å². The first kappa shape index (κ1) is 15.5. The molecule has 0 spiro atoms. The summed E-state index contributed by atoms with van der Waals surface area (Å²) in [4.78, 5) is 0.224. The predicted octanol–water partition coefficient (Wildman–Crippen LogP) is 0.254. The zero-order valence-corrected chi connectivity index (χ0v) is 13.4. The molecule has 0 aromatic carbocycles. The second-order valence-electron chi connectivity index (χ2n) is 4.83. The van der Waals surface area contributed by atoms with Gasteiger partial charge in [0, 0.05) is 19.8 Å². The van der Waals surface area contributed by atoms with E-state index in [1.807, 2.05) is 7.05 Å². The van der Waals surface area contributed by atoms with Gasteiger partial charge in [0.25, 0.3) is 10.0 Å². The zero-order valence-electron chi connectivity index (χ0n) is 12.6. The molecule has 21 heavy (non-hydrogen) atoms. The molecule has 0 aliphatic heterocycles. The fourth-order valence-electron chi connectivity index (χ4n) is 2.18. The first-order valence-electron chi connectivity index (χ1n) is 6.55. The highest BCUT2D eigenvalue weighted by molar-refractivity contribution is 7.92. The Hall–Kier alpha value is -1.87. The van der Waals surface area contributed by atoms with Crippen molar-refractivity contribution in [1.29, 1.82) is 0 Å². The first-order valence-corrected chi connectivity index (χ1v) is 8.03. The zero-order chi connectivity index (χ0) is 15.6. The molecule has 0 aliphatic rings. The number of hydrogen-bond donors (Lipinski definition) is 2. The van der Waals surface area contributed by atoms with E-state index in [1.54, 1.807) is 31.8 Å². The molecule has 0 aliphatic carbocycles. The number of aromatic nitrogens is 4. The highest BCUT2D eigenvalue weighted by Gasteiger charge is 2.24. The van der Waals surface area contributed by atoms with E-state index in [4.69, 9.17) is 0 Å². The topological polar surface area (TPSA) is 93.8 Å². The maximum Gasteiger partial charge on any atom is 0.265 e. The quantitative estimate of drug-likeness (QED) is 0.797. The van der Waals surface area contributed by atoms with Gasteiger partial charge >= 0.3 is 0 Å². The van der Waals surface area contributed by atoms with Crippen molar-refractivity contribution >= 4 is 15.7 Å². The molecule has 2 heterocycles. The first-order chi connectivity index (χ1) is 9.85. The molecule has 0 unspecified atom stereocenters. The molecule has 2 aromatic heterocycles. The molecule has 116 valence electrons. The number of aryl methyl sites for hydroxylation is 2. The van der Waals surface area contributed by atoms with Crippen molar-refractivity contribution in [2.75, 3.05) is 18.3 Å². The van der Waals surface area contributed by atoms with Crippen LogP contribution in [0.5, 0.6) is 0 Å². The lowest BCUT2D eigenvalue weighted by molar-refractivity contribution is 0.566. The van der Waals surface area contributed by atoms with Crippen LogP contribution in [0.15, 0.2) is 17.3 Å². The van der Waals surface area contributed by atoms with Crippen molar-refractivity contribution < 1.29 is 8.42 Å². The summed E-state index contributed by atoms with van der Waals surface area (Å²) in [6.07, 6.45) is 3.07. The Labute approximate surface area is 124 Å². The van der Waals surface area contributed by atoms with Gasteiger partial charge in [0.1, 0.15) is 4.90 Å². The van der Waals surface area contributed by atoms with E-state index in [-0.39, 0.29) is 4.90 Å². The Morgan fingerprint density at radius 3 is 2.62 bits per heavy atom. The fourth-order valence-corrected chi connectivity index (χ4v) is 3.63. The maximum atomic E-state index is 12.5. The van der Waals surface area contributed by atoms with Crippen molar-refractivity contribution in [2.45, 2.75) is 25.3 Å². The maximum absolute atomic E-state index is 12.5. The number of nitrogens with zero attached hydrogens (tertiary/aromatic N) is 4. The third-order valence-electron chi connectivity index (χ3n) is 3.11. The van der Waals surface area contributed by atoms with Gasteiger partial charge in [0.05, 0.1) is 29.8 Å². The second kappa shape index (κ2) is 5.86. The Kier molecular flexibility index (Phi) is 4.33. The molecule has 2 rings (SSSR count). The summed E-state index contributed by atoms with van der Waals surface area (Å²) in [7, 11) is -0.106. The van der Waals surface area contributed by atoms with Gasteiger partial charge in [-0.05, 0) is 20.9 Å². The molecule has 0 saturated heterocycles. The summed E-state index contributed by atoms with van der Waals surface area (Å²) in [5.74, 6) is 0. The largest absolute Gasteiger partial charge is 0.318 e. The number of likely N-dealkylation sites (N-methyl/N-ethyl adjacent to an activating group) is 1. The summed E-state index contributed by atoms with van der Waals surface area (Å²) >= 11 is 0. The van der Waals surface area contributed by atoms with E-state index in [1.165, 1.54) is 10.9 Å². The molecule has 0 amide bonds. The lowest BCUT2D eigenvalue weighted by Crippen LogP contribution is -2.18. The van der Waals surface area contributed by atoms with Crippen molar-refractivity contribution in [3.63, 3.8) is 0 Å². The summed E-state index contributed by atoms with van der Waals surface area (Å²) in [6.45, 7) is 4.79. The Balaban J connectivity index is 2.33. The van der Waals surface area contributed by atoms with Gasteiger partial charge < -0.3 is 5.32 Å². The minimum absolute atomic E-state index is 0.224. The van der Waals surface area contributed by atoms with Crippen molar-refractivity contribution in [1.82, 2.24) is 24.9 Å². The van der Waals surface area contributed by atoms with Crippen molar-refractivity contribution in [3.05, 3.63) is 23.8 Å². The third kappa shape index (κ3) is 3.24. The lowest BCUT2D eigenvalue weighted by Gasteiger charge is -2.07. The third-order valence-corrected chi connectivity index (χ3v) is 4.75. The van der Waals surface area contributed by atoms with E-state index in [0.717, 1.165) is 6.54 Å². The normalized spacial score (nSPS) is 11.8. The fraction of sp³-hybridized carbons (Fsp3) is 0.500. The van der Waals surface area contributed by atoms with Crippen LogP contribution in [0.2, 0.25) is 0 Å². The van der Waals surface area contributed by atoms with Crippen LogP contribution in [0.25, 0.3) is 0 Å². The molecule has 2 N–H and O–H groups in total. The number of anilines is 1. The molecule has 0 radical (unpaired) electrons. The van der Waals surface area contributed by atoms with E-state index in [9.17, 15) is 8.42 Å². The molecule has 0 atom stereocenters. The molecule has 0 saturated carbocycles. The lowest BCUT2D eigenvalue weighted by atomic mass is 10.4. The summed E-state index contributed by atoms with van der Waals surface area (Å²) in [6, 6.07) is 0. The van der Waals surface area contributed by atoms with E-state index < -0.39 is 10.0 Å². The second-order valence-corrected chi connectivity index (χ2v) is 6.45. The van der Waals surface area contributed by atoms with Crippen LogP contribution in [0.3, 0.4) is 0 Å². The number of nitrogens with one attached hydrogen (secondary N) is 2. The van der Waals surface area contributed by atoms with E-state index in [0.29, 0.717) is 23.6 Å². The summed E-state index contributed by atoms with van der Waals surface area (Å²) in [5.41, 5.74) is 1.54. The molecule has 9 heteroatoms. The van der Waals surface area contributed by atoms with Crippen molar-refractivity contribution in [3.8, 4) is 0 Å². The number of rotatable bonds is 6. The summed E-state index contributed by atoms with van der Waals surface area (Å²) < 4.78 is 30.8. The molecule has 0 bridgehead atoms. The van der Waals surface area contributed by atoms with Gasteiger partial charge in [0.2, 0.25) is 0 Å². The average Bonchev–Trinajstić information content (AvgIpc) is 2.90. The van der Waals surface area contributed by atoms with Crippen LogP contribution in [-0.2, 0) is 23.6 Å². The Morgan fingerprint density at radius 1 is 1.33 bits per heavy atom. The van der Waals surface area contributed by atoms with Crippen LogP contribution in [0.4, 0.5) is 5.69 Å². The molecule has 2 aromatic rings. The van der Waals surface area contributed by atoms with E-state index >= 15 is 0 Å². The van der Waals surface area contributed by atoms with Gasteiger partial charge in [-0.1, -0.05) is 0 Å². The Morgan fingerprint density at radius 2 is 2.05 bits per heavy atom. The van der Waals surface area contributed by atoms with Gasteiger partial charge in [-0.25, -0.2) is 8.42 Å². The number of sulfonamides is 1. The van der Waals surface area contributed by atoms with Crippen LogP contribution in [0.1, 0.15) is 11.4 Å². The SMILES string of the molecule is CNCCn1nc(C)c(S(=O)(=O)Nc2cnn(C)c2)c1C. The monoisotopic (exact) mass is 312 g/mol. The predicted molar refractivity (Wildman–Crippen MR) is 79.6 cm³/mol. The minimum atomic E-state index is -3.67. The highest BCUT2D eigenvalue weighted by Crippen LogP contribution is 2.22. The molecule has 8 nitrogen and oxygen atoms in total. The Bertz CT molecular complexity index is 731.